The SMILES string of the molecule is CSc1ccc(S(=O)(=O)N(C)CC(=O)NCC2CCCO2)cc1. The lowest BCUT2D eigenvalue weighted by Crippen LogP contribution is -2.40. The number of carbonyl (C=O) groups is 1. The van der Waals surface area contributed by atoms with Gasteiger partial charge in [0.15, 0.2) is 0 Å². The summed E-state index contributed by atoms with van der Waals surface area (Å²) in [6.07, 6.45) is 3.89. The minimum atomic E-state index is -3.66. The fourth-order valence-corrected chi connectivity index (χ4v) is 3.84. The number of hydrogen-bond acceptors (Lipinski definition) is 5. The molecule has 6 nitrogen and oxygen atoms in total. The molecule has 1 fully saturated rings. The maximum Gasteiger partial charge on any atom is 0.243 e. The van der Waals surface area contributed by atoms with Gasteiger partial charge in [-0.2, -0.15) is 4.31 Å². The molecule has 1 saturated heterocycles. The number of ether oxygens (including phenoxy) is 1. The standard InChI is InChI=1S/C15H22N2O4S2/c1-17(11-15(18)16-10-12-4-3-9-21-12)23(19,20)14-7-5-13(22-2)6-8-14/h5-8,12H,3-4,9-11H2,1-2H3,(H,16,18). The molecule has 0 radical (unpaired) electrons. The predicted molar refractivity (Wildman–Crippen MR) is 90.0 cm³/mol. The highest BCUT2D eigenvalue weighted by Gasteiger charge is 2.23. The molecule has 1 heterocycles. The van der Waals surface area contributed by atoms with Gasteiger partial charge < -0.3 is 10.1 Å². The molecule has 0 bridgehead atoms. The summed E-state index contributed by atoms with van der Waals surface area (Å²) in [5, 5.41) is 2.72. The van der Waals surface area contributed by atoms with Crippen LogP contribution in [0.25, 0.3) is 0 Å². The van der Waals surface area contributed by atoms with Crippen LogP contribution in [0.1, 0.15) is 12.8 Å². The Bertz CT molecular complexity index is 625. The van der Waals surface area contributed by atoms with Crippen LogP contribution >= 0.6 is 11.8 Å². The van der Waals surface area contributed by atoms with E-state index in [1.54, 1.807) is 36.0 Å². The van der Waals surface area contributed by atoms with Crippen LogP contribution in [0.15, 0.2) is 34.1 Å². The third kappa shape index (κ3) is 4.94. The molecule has 0 aliphatic carbocycles. The van der Waals surface area contributed by atoms with Gasteiger partial charge in [-0.3, -0.25) is 4.79 Å². The Hall–Kier alpha value is -1.09. The first-order valence-electron chi connectivity index (χ1n) is 7.42. The van der Waals surface area contributed by atoms with Crippen LogP contribution in [0.2, 0.25) is 0 Å². The smallest absolute Gasteiger partial charge is 0.243 e. The van der Waals surface area contributed by atoms with Crippen molar-refractivity contribution in [2.45, 2.75) is 28.7 Å². The zero-order valence-electron chi connectivity index (χ0n) is 13.3. The lowest BCUT2D eigenvalue weighted by atomic mass is 10.2. The van der Waals surface area contributed by atoms with E-state index in [9.17, 15) is 13.2 Å². The molecule has 2 rings (SSSR count). The molecule has 1 atom stereocenters. The lowest BCUT2D eigenvalue weighted by Gasteiger charge is -2.18. The average Bonchev–Trinajstić information content (AvgIpc) is 3.06. The Labute approximate surface area is 141 Å². The Balaban J connectivity index is 1.91. The van der Waals surface area contributed by atoms with Crippen LogP contribution in [0.3, 0.4) is 0 Å². The minimum absolute atomic E-state index is 0.0416. The monoisotopic (exact) mass is 358 g/mol. The zero-order chi connectivity index (χ0) is 16.9. The second-order valence-corrected chi connectivity index (χ2v) is 8.30. The van der Waals surface area contributed by atoms with Crippen molar-refractivity contribution in [2.24, 2.45) is 0 Å². The number of amides is 1. The average molecular weight is 358 g/mol. The van der Waals surface area contributed by atoms with Crippen LogP contribution in [-0.2, 0) is 19.6 Å². The highest BCUT2D eigenvalue weighted by atomic mass is 32.2. The third-order valence-corrected chi connectivity index (χ3v) is 6.25. The Kier molecular flexibility index (Phi) is 6.46. The molecule has 0 spiro atoms. The number of thioether (sulfide) groups is 1. The Morgan fingerprint density at radius 1 is 1.39 bits per heavy atom. The van der Waals surface area contributed by atoms with E-state index in [-0.39, 0.29) is 23.5 Å². The Morgan fingerprint density at radius 2 is 2.09 bits per heavy atom. The number of likely N-dealkylation sites (N-methyl/N-ethyl adjacent to an activating group) is 1. The lowest BCUT2D eigenvalue weighted by molar-refractivity contribution is -0.121. The summed E-state index contributed by atoms with van der Waals surface area (Å²) in [4.78, 5) is 13.1. The molecular weight excluding hydrogens is 336 g/mol. The van der Waals surface area contributed by atoms with Gasteiger partial charge in [0.2, 0.25) is 15.9 Å². The van der Waals surface area contributed by atoms with Gasteiger partial charge in [0.1, 0.15) is 0 Å². The summed E-state index contributed by atoms with van der Waals surface area (Å²) in [7, 11) is -2.26. The van der Waals surface area contributed by atoms with Crippen molar-refractivity contribution in [2.75, 3.05) is 33.0 Å². The summed E-state index contributed by atoms with van der Waals surface area (Å²) >= 11 is 1.54. The molecule has 0 saturated carbocycles. The fraction of sp³-hybridized carbons (Fsp3) is 0.533. The molecule has 8 heteroatoms. The summed E-state index contributed by atoms with van der Waals surface area (Å²) in [5.41, 5.74) is 0. The van der Waals surface area contributed by atoms with Crippen LogP contribution in [0.4, 0.5) is 0 Å². The van der Waals surface area contributed by atoms with Gasteiger partial charge in [-0.25, -0.2) is 8.42 Å². The van der Waals surface area contributed by atoms with E-state index >= 15 is 0 Å². The molecule has 1 N–H and O–H groups in total. The maximum absolute atomic E-state index is 12.4. The summed E-state index contributed by atoms with van der Waals surface area (Å²) in [6, 6.07) is 6.62. The quantitative estimate of drug-likeness (QED) is 0.744. The maximum atomic E-state index is 12.4. The van der Waals surface area contributed by atoms with Crippen LogP contribution in [0, 0.1) is 0 Å². The second-order valence-electron chi connectivity index (χ2n) is 5.38. The number of hydrogen-bond donors (Lipinski definition) is 1. The number of rotatable bonds is 7. The van der Waals surface area contributed by atoms with Gasteiger partial charge in [0, 0.05) is 25.1 Å². The normalized spacial score (nSPS) is 18.3. The Morgan fingerprint density at radius 3 is 2.65 bits per heavy atom. The largest absolute Gasteiger partial charge is 0.376 e. The first-order chi connectivity index (χ1) is 10.9. The minimum Gasteiger partial charge on any atom is -0.376 e. The fourth-order valence-electron chi connectivity index (χ4n) is 2.30. The number of nitrogens with zero attached hydrogens (tertiary/aromatic N) is 1. The van der Waals surface area contributed by atoms with Crippen molar-refractivity contribution in [1.82, 2.24) is 9.62 Å². The number of carbonyl (C=O) groups excluding carboxylic acids is 1. The van der Waals surface area contributed by atoms with Gasteiger partial charge in [-0.1, -0.05) is 0 Å². The number of nitrogens with one attached hydrogen (secondary N) is 1. The first kappa shape index (κ1) is 18.3. The van der Waals surface area contributed by atoms with Crippen LogP contribution in [0.5, 0.6) is 0 Å². The van der Waals surface area contributed by atoms with Crippen molar-refractivity contribution in [3.63, 3.8) is 0 Å². The van der Waals surface area contributed by atoms with E-state index in [2.05, 4.69) is 5.32 Å². The molecule has 128 valence electrons. The van der Waals surface area contributed by atoms with E-state index in [0.717, 1.165) is 28.6 Å². The molecule has 23 heavy (non-hydrogen) atoms. The van der Waals surface area contributed by atoms with Gasteiger partial charge >= 0.3 is 0 Å². The van der Waals surface area contributed by atoms with E-state index < -0.39 is 10.0 Å². The molecule has 0 aromatic heterocycles. The third-order valence-electron chi connectivity index (χ3n) is 3.68. The van der Waals surface area contributed by atoms with Crippen molar-refractivity contribution >= 4 is 27.7 Å². The van der Waals surface area contributed by atoms with E-state index in [1.165, 1.54) is 7.05 Å². The number of benzene rings is 1. The molecule has 1 aliphatic rings. The first-order valence-corrected chi connectivity index (χ1v) is 10.1. The summed E-state index contributed by atoms with van der Waals surface area (Å²) in [6.45, 7) is 0.940. The molecular formula is C15H22N2O4S2. The molecule has 1 aromatic rings. The topological polar surface area (TPSA) is 75.7 Å². The van der Waals surface area contributed by atoms with E-state index in [4.69, 9.17) is 4.74 Å². The molecule has 1 unspecified atom stereocenters. The molecule has 1 aliphatic heterocycles. The summed E-state index contributed by atoms with van der Waals surface area (Å²) in [5.74, 6) is -0.327. The van der Waals surface area contributed by atoms with Crippen molar-refractivity contribution in [3.8, 4) is 0 Å². The van der Waals surface area contributed by atoms with Crippen molar-refractivity contribution in [3.05, 3.63) is 24.3 Å². The van der Waals surface area contributed by atoms with E-state index in [0.29, 0.717) is 6.54 Å². The van der Waals surface area contributed by atoms with Gasteiger partial charge in [0.05, 0.1) is 17.5 Å². The van der Waals surface area contributed by atoms with E-state index in [1.807, 2.05) is 6.26 Å². The summed E-state index contributed by atoms with van der Waals surface area (Å²) < 4.78 is 31.4. The van der Waals surface area contributed by atoms with Crippen molar-refractivity contribution < 1.29 is 17.9 Å². The molecule has 1 aromatic carbocycles. The molecule has 1 amide bonds. The highest BCUT2D eigenvalue weighted by Crippen LogP contribution is 2.19. The van der Waals surface area contributed by atoms with Crippen LogP contribution in [-0.4, -0.2) is 57.7 Å². The van der Waals surface area contributed by atoms with Gasteiger partial charge in [0.25, 0.3) is 0 Å². The highest BCUT2D eigenvalue weighted by molar-refractivity contribution is 7.98. The van der Waals surface area contributed by atoms with Gasteiger partial charge in [-0.15, -0.1) is 11.8 Å². The van der Waals surface area contributed by atoms with Crippen molar-refractivity contribution in [1.29, 1.82) is 0 Å². The second kappa shape index (κ2) is 8.14. The van der Waals surface area contributed by atoms with Crippen LogP contribution < -0.4 is 5.32 Å². The zero-order valence-corrected chi connectivity index (χ0v) is 15.0. The predicted octanol–water partition coefficient (Wildman–Crippen LogP) is 1.32. The number of sulfonamides is 1. The van der Waals surface area contributed by atoms with Gasteiger partial charge in [-0.05, 0) is 43.4 Å².